The molecule has 0 radical (unpaired) electrons. The number of rotatable bonds is 7. The zero-order valence-electron chi connectivity index (χ0n) is 14.2. The van der Waals surface area contributed by atoms with Crippen LogP contribution in [0.1, 0.15) is 0 Å². The molecule has 0 spiro atoms. The quantitative estimate of drug-likeness (QED) is 0.748. The van der Waals surface area contributed by atoms with Crippen molar-refractivity contribution in [3.63, 3.8) is 0 Å². The first-order valence-corrected chi connectivity index (χ1v) is 10.5. The summed E-state index contributed by atoms with van der Waals surface area (Å²) in [6.45, 7) is -0.345. The molecule has 0 aliphatic rings. The van der Waals surface area contributed by atoms with Gasteiger partial charge in [-0.1, -0.05) is 18.2 Å². The van der Waals surface area contributed by atoms with Crippen molar-refractivity contribution >= 4 is 39.1 Å². The number of ether oxygens (including phenoxy) is 1. The van der Waals surface area contributed by atoms with Gasteiger partial charge in [0.25, 0.3) is 0 Å². The Morgan fingerprint density at radius 3 is 2.56 bits per heavy atom. The number of methoxy groups -OCH3 is 1. The molecule has 0 saturated heterocycles. The number of benzene rings is 2. The van der Waals surface area contributed by atoms with Gasteiger partial charge in [0.15, 0.2) is 0 Å². The number of hydrogen-bond donors (Lipinski definition) is 1. The average Bonchev–Trinajstić information content (AvgIpc) is 2.59. The SMILES string of the molecule is COc1ccccc1N(CC(=O)Nc1cccc(SC)c1)S(C)(=O)=O. The summed E-state index contributed by atoms with van der Waals surface area (Å²) in [5.41, 5.74) is 0.936. The van der Waals surface area contributed by atoms with Gasteiger partial charge in [-0.2, -0.15) is 0 Å². The lowest BCUT2D eigenvalue weighted by Crippen LogP contribution is -2.37. The highest BCUT2D eigenvalue weighted by atomic mass is 32.2. The van der Waals surface area contributed by atoms with Gasteiger partial charge in [0.05, 0.1) is 19.1 Å². The Kier molecular flexibility index (Phi) is 6.33. The number of nitrogens with zero attached hydrogens (tertiary/aromatic N) is 1. The van der Waals surface area contributed by atoms with Crippen molar-refractivity contribution in [3.05, 3.63) is 48.5 Å². The second kappa shape index (κ2) is 8.26. The minimum absolute atomic E-state index is 0.320. The molecular weight excluding hydrogens is 360 g/mol. The normalized spacial score (nSPS) is 11.0. The van der Waals surface area contributed by atoms with Crippen LogP contribution in [-0.4, -0.2) is 40.5 Å². The summed E-state index contributed by atoms with van der Waals surface area (Å²) in [5.74, 6) is -0.0558. The molecule has 1 N–H and O–H groups in total. The van der Waals surface area contributed by atoms with Gasteiger partial charge in [0.2, 0.25) is 15.9 Å². The first-order chi connectivity index (χ1) is 11.8. The highest BCUT2D eigenvalue weighted by Crippen LogP contribution is 2.29. The molecule has 0 fully saturated rings. The number of carbonyl (C=O) groups is 1. The molecule has 0 aromatic heterocycles. The minimum atomic E-state index is -3.66. The van der Waals surface area contributed by atoms with Gasteiger partial charge < -0.3 is 10.1 Å². The zero-order valence-corrected chi connectivity index (χ0v) is 15.9. The Hall–Kier alpha value is -2.19. The van der Waals surface area contributed by atoms with Crippen molar-refractivity contribution in [1.82, 2.24) is 0 Å². The lowest BCUT2D eigenvalue weighted by Gasteiger charge is -2.23. The van der Waals surface area contributed by atoms with Crippen LogP contribution in [0.5, 0.6) is 5.75 Å². The molecule has 25 heavy (non-hydrogen) atoms. The first kappa shape index (κ1) is 19.1. The van der Waals surface area contributed by atoms with E-state index in [0.29, 0.717) is 17.1 Å². The predicted molar refractivity (Wildman–Crippen MR) is 102 cm³/mol. The fourth-order valence-electron chi connectivity index (χ4n) is 2.25. The lowest BCUT2D eigenvalue weighted by atomic mass is 10.3. The third-order valence-corrected chi connectivity index (χ3v) is 5.25. The third-order valence-electron chi connectivity index (χ3n) is 3.39. The zero-order chi connectivity index (χ0) is 18.4. The maximum atomic E-state index is 12.4. The van der Waals surface area contributed by atoms with E-state index in [9.17, 15) is 13.2 Å². The molecule has 1 amide bonds. The van der Waals surface area contributed by atoms with Crippen LogP contribution in [0, 0.1) is 0 Å². The number of thioether (sulfide) groups is 1. The standard InChI is InChI=1S/C17H20N2O4S2/c1-23-16-10-5-4-9-15(16)19(25(3,21)22)12-17(20)18-13-7-6-8-14(11-13)24-2/h4-11H,12H2,1-3H3,(H,18,20). The Morgan fingerprint density at radius 2 is 1.92 bits per heavy atom. The Bertz CT molecular complexity index is 853. The molecule has 134 valence electrons. The number of carbonyl (C=O) groups excluding carboxylic acids is 1. The second-order valence-electron chi connectivity index (χ2n) is 5.22. The molecule has 0 bridgehead atoms. The molecule has 0 saturated carbocycles. The molecule has 0 unspecified atom stereocenters. The Morgan fingerprint density at radius 1 is 1.20 bits per heavy atom. The summed E-state index contributed by atoms with van der Waals surface area (Å²) in [5, 5.41) is 2.73. The van der Waals surface area contributed by atoms with Crippen LogP contribution in [0.4, 0.5) is 11.4 Å². The summed E-state index contributed by atoms with van der Waals surface area (Å²) in [6, 6.07) is 14.0. The van der Waals surface area contributed by atoms with Gasteiger partial charge in [-0.05, 0) is 36.6 Å². The molecular formula is C17H20N2O4S2. The van der Waals surface area contributed by atoms with Crippen LogP contribution in [0.3, 0.4) is 0 Å². The molecule has 2 aromatic rings. The van der Waals surface area contributed by atoms with E-state index in [4.69, 9.17) is 4.74 Å². The van der Waals surface area contributed by atoms with Gasteiger partial charge >= 0.3 is 0 Å². The van der Waals surface area contributed by atoms with Gasteiger partial charge in [0.1, 0.15) is 12.3 Å². The Balaban J connectivity index is 2.24. The molecule has 2 aromatic carbocycles. The molecule has 0 heterocycles. The van der Waals surface area contributed by atoms with Crippen LogP contribution >= 0.6 is 11.8 Å². The smallest absolute Gasteiger partial charge is 0.245 e. The average molecular weight is 380 g/mol. The summed E-state index contributed by atoms with van der Waals surface area (Å²) < 4.78 is 30.6. The molecule has 0 aliphatic carbocycles. The van der Waals surface area contributed by atoms with E-state index in [1.54, 1.807) is 42.1 Å². The number of nitrogens with one attached hydrogen (secondary N) is 1. The molecule has 0 atom stereocenters. The van der Waals surface area contributed by atoms with Crippen molar-refractivity contribution in [1.29, 1.82) is 0 Å². The maximum Gasteiger partial charge on any atom is 0.245 e. The summed E-state index contributed by atoms with van der Waals surface area (Å²) in [7, 11) is -2.21. The fourth-order valence-corrected chi connectivity index (χ4v) is 3.57. The highest BCUT2D eigenvalue weighted by molar-refractivity contribution is 7.98. The van der Waals surface area contributed by atoms with E-state index in [1.165, 1.54) is 7.11 Å². The topological polar surface area (TPSA) is 75.7 Å². The van der Waals surface area contributed by atoms with Crippen molar-refractivity contribution in [2.75, 3.05) is 35.8 Å². The van der Waals surface area contributed by atoms with E-state index in [2.05, 4.69) is 5.32 Å². The van der Waals surface area contributed by atoms with Gasteiger partial charge in [0, 0.05) is 10.6 Å². The number of amides is 1. The number of hydrogen-bond acceptors (Lipinski definition) is 5. The van der Waals surface area contributed by atoms with Gasteiger partial charge in [-0.3, -0.25) is 9.10 Å². The van der Waals surface area contributed by atoms with Crippen LogP contribution in [0.25, 0.3) is 0 Å². The molecule has 2 rings (SSSR count). The highest BCUT2D eigenvalue weighted by Gasteiger charge is 2.23. The fraction of sp³-hybridized carbons (Fsp3) is 0.235. The van der Waals surface area contributed by atoms with Crippen molar-refractivity contribution in [2.45, 2.75) is 4.90 Å². The van der Waals surface area contributed by atoms with E-state index in [-0.39, 0.29) is 6.54 Å². The summed E-state index contributed by atoms with van der Waals surface area (Å²) in [6.07, 6.45) is 3.00. The van der Waals surface area contributed by atoms with Crippen molar-refractivity contribution in [2.24, 2.45) is 0 Å². The molecule has 6 nitrogen and oxygen atoms in total. The van der Waals surface area contributed by atoms with Crippen molar-refractivity contribution < 1.29 is 17.9 Å². The summed E-state index contributed by atoms with van der Waals surface area (Å²) in [4.78, 5) is 13.4. The van der Waals surface area contributed by atoms with E-state index in [1.807, 2.05) is 24.5 Å². The largest absolute Gasteiger partial charge is 0.495 e. The van der Waals surface area contributed by atoms with Crippen LogP contribution in [0.15, 0.2) is 53.4 Å². The van der Waals surface area contributed by atoms with Crippen LogP contribution in [-0.2, 0) is 14.8 Å². The first-order valence-electron chi connectivity index (χ1n) is 7.40. The molecule has 8 heteroatoms. The maximum absolute atomic E-state index is 12.4. The number of para-hydroxylation sites is 2. The minimum Gasteiger partial charge on any atom is -0.495 e. The van der Waals surface area contributed by atoms with E-state index < -0.39 is 15.9 Å². The monoisotopic (exact) mass is 380 g/mol. The molecule has 0 aliphatic heterocycles. The third kappa shape index (κ3) is 5.14. The van der Waals surface area contributed by atoms with Crippen molar-refractivity contribution in [3.8, 4) is 5.75 Å². The predicted octanol–water partition coefficient (Wildman–Crippen LogP) is 2.82. The number of sulfonamides is 1. The van der Waals surface area contributed by atoms with Crippen LogP contribution in [0.2, 0.25) is 0 Å². The Labute approximate surface area is 152 Å². The lowest BCUT2D eigenvalue weighted by molar-refractivity contribution is -0.114. The van der Waals surface area contributed by atoms with E-state index in [0.717, 1.165) is 15.5 Å². The van der Waals surface area contributed by atoms with Gasteiger partial charge in [-0.25, -0.2) is 8.42 Å². The van der Waals surface area contributed by atoms with Crippen LogP contribution < -0.4 is 14.4 Å². The summed E-state index contributed by atoms with van der Waals surface area (Å²) >= 11 is 1.56. The second-order valence-corrected chi connectivity index (χ2v) is 8.01. The number of anilines is 2. The van der Waals surface area contributed by atoms with E-state index >= 15 is 0 Å². The van der Waals surface area contributed by atoms with Gasteiger partial charge in [-0.15, -0.1) is 11.8 Å².